The lowest BCUT2D eigenvalue weighted by Crippen LogP contribution is -2.38. The summed E-state index contributed by atoms with van der Waals surface area (Å²) in [5.74, 6) is -0.145. The highest BCUT2D eigenvalue weighted by atomic mass is 32.2. The second kappa shape index (κ2) is 6.45. The van der Waals surface area contributed by atoms with E-state index in [1.807, 2.05) is 30.3 Å². The second-order valence-electron chi connectivity index (χ2n) is 6.84. The highest BCUT2D eigenvalue weighted by molar-refractivity contribution is 7.91. The molecule has 7 nitrogen and oxygen atoms in total. The largest absolute Gasteiger partial charge is 0.338 e. The normalized spacial score (nSPS) is 18.7. The molecule has 0 radical (unpaired) electrons. The zero-order valence-corrected chi connectivity index (χ0v) is 15.9. The number of hydrogen-bond acceptors (Lipinski definition) is 6. The Balaban J connectivity index is 1.80. The molecule has 0 N–H and O–H groups in total. The van der Waals surface area contributed by atoms with Gasteiger partial charge in [0, 0.05) is 18.7 Å². The number of pyridine rings is 1. The fourth-order valence-corrected chi connectivity index (χ4v) is 5.23. The molecule has 0 spiro atoms. The number of fused-ring (bicyclic) bond motifs is 1. The van der Waals surface area contributed by atoms with E-state index < -0.39 is 9.84 Å². The van der Waals surface area contributed by atoms with Gasteiger partial charge >= 0.3 is 0 Å². The molecule has 1 fully saturated rings. The fourth-order valence-electron chi connectivity index (χ4n) is 3.46. The maximum Gasteiger partial charge on any atom is 0.259 e. The van der Waals surface area contributed by atoms with Crippen LogP contribution in [0.15, 0.2) is 40.9 Å². The van der Waals surface area contributed by atoms with Crippen LogP contribution in [0.25, 0.3) is 22.4 Å². The molecule has 1 atom stereocenters. The SMILES string of the molecule is Cc1noc2nc(-c3ccccc3)cc(C(=O)N(C)[C@H]3CCS(=O)(=O)C3)c12. The van der Waals surface area contributed by atoms with Crippen molar-refractivity contribution in [3.63, 3.8) is 0 Å². The summed E-state index contributed by atoms with van der Waals surface area (Å²) in [4.78, 5) is 19.2. The minimum atomic E-state index is -3.08. The molecule has 1 aliphatic heterocycles. The predicted octanol–water partition coefficient (Wildman–Crippen LogP) is 2.46. The first kappa shape index (κ1) is 17.7. The maximum absolute atomic E-state index is 13.2. The number of carbonyl (C=O) groups excluding carboxylic acids is 1. The van der Waals surface area contributed by atoms with Crippen molar-refractivity contribution >= 4 is 26.8 Å². The highest BCUT2D eigenvalue weighted by Crippen LogP contribution is 2.29. The summed E-state index contributed by atoms with van der Waals surface area (Å²) in [7, 11) is -1.44. The molecule has 140 valence electrons. The zero-order chi connectivity index (χ0) is 19.2. The van der Waals surface area contributed by atoms with E-state index in [4.69, 9.17) is 4.52 Å². The first-order valence-electron chi connectivity index (χ1n) is 8.66. The standard InChI is InChI=1S/C19H19N3O4S/c1-12-17-15(19(23)22(2)14-8-9-27(24,25)11-14)10-16(20-18(17)26-21-12)13-6-4-3-5-7-13/h3-7,10,14H,8-9,11H2,1-2H3/t14-/m0/s1. The summed E-state index contributed by atoms with van der Waals surface area (Å²) < 4.78 is 28.9. The van der Waals surface area contributed by atoms with Crippen LogP contribution in [-0.4, -0.2) is 54.0 Å². The highest BCUT2D eigenvalue weighted by Gasteiger charge is 2.34. The smallest absolute Gasteiger partial charge is 0.259 e. The van der Waals surface area contributed by atoms with Crippen molar-refractivity contribution in [2.75, 3.05) is 18.6 Å². The first-order chi connectivity index (χ1) is 12.9. The molecule has 4 rings (SSSR count). The van der Waals surface area contributed by atoms with Crippen molar-refractivity contribution in [1.29, 1.82) is 0 Å². The number of benzene rings is 1. The van der Waals surface area contributed by atoms with Gasteiger partial charge in [-0.25, -0.2) is 13.4 Å². The van der Waals surface area contributed by atoms with E-state index in [9.17, 15) is 13.2 Å². The average Bonchev–Trinajstić information content (AvgIpc) is 3.23. The Hall–Kier alpha value is -2.74. The third kappa shape index (κ3) is 3.21. The van der Waals surface area contributed by atoms with E-state index in [1.165, 1.54) is 4.90 Å². The number of nitrogens with zero attached hydrogens (tertiary/aromatic N) is 3. The van der Waals surface area contributed by atoms with Crippen LogP contribution >= 0.6 is 0 Å². The van der Waals surface area contributed by atoms with Crippen LogP contribution in [-0.2, 0) is 9.84 Å². The molecule has 8 heteroatoms. The van der Waals surface area contributed by atoms with Gasteiger partial charge in [-0.1, -0.05) is 35.5 Å². The topological polar surface area (TPSA) is 93.4 Å². The van der Waals surface area contributed by atoms with Crippen molar-refractivity contribution in [3.05, 3.63) is 47.7 Å². The molecule has 0 saturated carbocycles. The Morgan fingerprint density at radius 1 is 1.26 bits per heavy atom. The molecule has 3 heterocycles. The summed E-state index contributed by atoms with van der Waals surface area (Å²) in [6, 6.07) is 10.9. The molecule has 27 heavy (non-hydrogen) atoms. The molecule has 1 aromatic carbocycles. The molecule has 0 bridgehead atoms. The quantitative estimate of drug-likeness (QED) is 0.687. The van der Waals surface area contributed by atoms with Gasteiger partial charge in [0.15, 0.2) is 9.84 Å². The molecular formula is C19H19N3O4S. The van der Waals surface area contributed by atoms with E-state index in [-0.39, 0.29) is 23.5 Å². The Labute approximate surface area is 156 Å². The molecule has 1 aliphatic rings. The Bertz CT molecular complexity index is 1120. The van der Waals surface area contributed by atoms with Crippen LogP contribution in [0.1, 0.15) is 22.5 Å². The lowest BCUT2D eigenvalue weighted by Gasteiger charge is -2.24. The van der Waals surface area contributed by atoms with Gasteiger partial charge in [-0.3, -0.25) is 4.79 Å². The van der Waals surface area contributed by atoms with Gasteiger partial charge in [-0.15, -0.1) is 0 Å². The molecule has 3 aromatic rings. The Morgan fingerprint density at radius 2 is 2.00 bits per heavy atom. The Kier molecular flexibility index (Phi) is 4.22. The second-order valence-corrected chi connectivity index (χ2v) is 9.07. The van der Waals surface area contributed by atoms with E-state index in [0.717, 1.165) is 5.56 Å². The lowest BCUT2D eigenvalue weighted by atomic mass is 10.0. The fraction of sp³-hybridized carbons (Fsp3) is 0.316. The van der Waals surface area contributed by atoms with Crippen molar-refractivity contribution in [2.45, 2.75) is 19.4 Å². The van der Waals surface area contributed by atoms with E-state index in [1.54, 1.807) is 20.0 Å². The maximum atomic E-state index is 13.2. The molecule has 1 amide bonds. The van der Waals surface area contributed by atoms with Gasteiger partial charge in [0.2, 0.25) is 0 Å². The number of carbonyl (C=O) groups is 1. The third-order valence-electron chi connectivity index (χ3n) is 4.99. The summed E-state index contributed by atoms with van der Waals surface area (Å²) in [5.41, 5.74) is 2.76. The number of rotatable bonds is 3. The lowest BCUT2D eigenvalue weighted by molar-refractivity contribution is 0.0749. The van der Waals surface area contributed by atoms with E-state index in [2.05, 4.69) is 10.1 Å². The average molecular weight is 385 g/mol. The zero-order valence-electron chi connectivity index (χ0n) is 15.0. The number of aromatic nitrogens is 2. The van der Waals surface area contributed by atoms with Gasteiger partial charge in [-0.2, -0.15) is 0 Å². The van der Waals surface area contributed by atoms with Gasteiger partial charge in [0.25, 0.3) is 11.6 Å². The number of sulfone groups is 1. The molecule has 0 unspecified atom stereocenters. The molecular weight excluding hydrogens is 366 g/mol. The van der Waals surface area contributed by atoms with Gasteiger partial charge in [0.05, 0.1) is 33.8 Å². The number of hydrogen-bond donors (Lipinski definition) is 0. The summed E-state index contributed by atoms with van der Waals surface area (Å²) in [5, 5.41) is 4.51. The van der Waals surface area contributed by atoms with Crippen LogP contribution in [0.4, 0.5) is 0 Å². The van der Waals surface area contributed by atoms with Crippen LogP contribution < -0.4 is 0 Å². The van der Waals surface area contributed by atoms with Crippen molar-refractivity contribution < 1.29 is 17.7 Å². The van der Waals surface area contributed by atoms with Gasteiger partial charge in [-0.05, 0) is 19.4 Å². The Morgan fingerprint density at radius 3 is 2.67 bits per heavy atom. The minimum Gasteiger partial charge on any atom is -0.338 e. The van der Waals surface area contributed by atoms with Crippen molar-refractivity contribution in [1.82, 2.24) is 15.0 Å². The van der Waals surface area contributed by atoms with Gasteiger partial charge < -0.3 is 9.42 Å². The van der Waals surface area contributed by atoms with Crippen LogP contribution in [0.2, 0.25) is 0 Å². The van der Waals surface area contributed by atoms with Crippen LogP contribution in [0, 0.1) is 6.92 Å². The number of aryl methyl sites for hydroxylation is 1. The summed E-state index contributed by atoms with van der Waals surface area (Å²) >= 11 is 0. The third-order valence-corrected chi connectivity index (χ3v) is 6.74. The predicted molar refractivity (Wildman–Crippen MR) is 101 cm³/mol. The van der Waals surface area contributed by atoms with Crippen LogP contribution in [0.5, 0.6) is 0 Å². The van der Waals surface area contributed by atoms with Crippen molar-refractivity contribution in [3.8, 4) is 11.3 Å². The first-order valence-corrected chi connectivity index (χ1v) is 10.5. The summed E-state index contributed by atoms with van der Waals surface area (Å²) in [6.45, 7) is 1.76. The molecule has 0 aliphatic carbocycles. The molecule has 2 aromatic heterocycles. The minimum absolute atomic E-state index is 0.00235. The van der Waals surface area contributed by atoms with Crippen LogP contribution in [0.3, 0.4) is 0 Å². The van der Waals surface area contributed by atoms with Gasteiger partial charge in [0.1, 0.15) is 0 Å². The molecule has 1 saturated heterocycles. The van der Waals surface area contributed by atoms with E-state index in [0.29, 0.717) is 34.5 Å². The monoisotopic (exact) mass is 385 g/mol. The number of amides is 1. The van der Waals surface area contributed by atoms with E-state index >= 15 is 0 Å². The van der Waals surface area contributed by atoms with Crippen molar-refractivity contribution in [2.24, 2.45) is 0 Å². The summed E-state index contributed by atoms with van der Waals surface area (Å²) in [6.07, 6.45) is 0.451.